The smallest absolute Gasteiger partial charge is 0.410 e. The van der Waals surface area contributed by atoms with Crippen LogP contribution in [0.25, 0.3) is 0 Å². The Labute approximate surface area is 188 Å². The molecule has 1 unspecified atom stereocenters. The maximum atomic E-state index is 12.5. The molecule has 0 spiro atoms. The van der Waals surface area contributed by atoms with Crippen molar-refractivity contribution in [1.82, 2.24) is 4.90 Å². The molecule has 0 saturated carbocycles. The molecule has 1 fully saturated rings. The molecular weight excluding hydrogens is 414 g/mol. The van der Waals surface area contributed by atoms with E-state index in [0.717, 1.165) is 11.1 Å². The average molecular weight is 443 g/mol. The van der Waals surface area contributed by atoms with Crippen molar-refractivity contribution in [2.45, 2.75) is 19.4 Å². The number of methoxy groups -OCH3 is 3. The van der Waals surface area contributed by atoms with E-state index in [-0.39, 0.29) is 25.1 Å². The minimum Gasteiger partial charge on any atom is -0.493 e. The van der Waals surface area contributed by atoms with E-state index in [2.05, 4.69) is 0 Å². The SMILES string of the molecule is COc1cc(CCOC(=O)C2CCN(C(=O)OCc3ccccc3)C2)cc(OC)c1OC. The Kier molecular flexibility index (Phi) is 8.19. The van der Waals surface area contributed by atoms with Gasteiger partial charge in [-0.3, -0.25) is 4.79 Å². The second-order valence-electron chi connectivity index (χ2n) is 7.42. The number of benzene rings is 2. The highest BCUT2D eigenvalue weighted by Gasteiger charge is 2.33. The third-order valence-electron chi connectivity index (χ3n) is 5.34. The van der Waals surface area contributed by atoms with Crippen LogP contribution in [0.1, 0.15) is 17.5 Å². The molecule has 0 bridgehead atoms. The molecule has 0 radical (unpaired) electrons. The second kappa shape index (κ2) is 11.3. The Morgan fingerprint density at radius 1 is 0.938 bits per heavy atom. The molecule has 1 saturated heterocycles. The number of carbonyl (C=O) groups excluding carboxylic acids is 2. The van der Waals surface area contributed by atoms with Gasteiger partial charge in [0, 0.05) is 19.5 Å². The Bertz CT molecular complexity index is 891. The third-order valence-corrected chi connectivity index (χ3v) is 5.34. The lowest BCUT2D eigenvalue weighted by Gasteiger charge is -2.16. The molecule has 2 aromatic rings. The first-order chi connectivity index (χ1) is 15.5. The van der Waals surface area contributed by atoms with Crippen LogP contribution < -0.4 is 14.2 Å². The molecule has 172 valence electrons. The van der Waals surface area contributed by atoms with Gasteiger partial charge in [0.1, 0.15) is 6.61 Å². The molecule has 0 aliphatic carbocycles. The molecule has 0 N–H and O–H groups in total. The normalized spacial score (nSPS) is 15.2. The molecule has 1 aliphatic heterocycles. The zero-order valence-corrected chi connectivity index (χ0v) is 18.7. The van der Waals surface area contributed by atoms with Crippen LogP contribution >= 0.6 is 0 Å². The van der Waals surface area contributed by atoms with Gasteiger partial charge in [0.15, 0.2) is 11.5 Å². The highest BCUT2D eigenvalue weighted by atomic mass is 16.6. The molecule has 8 heteroatoms. The van der Waals surface area contributed by atoms with Crippen LogP contribution in [0.15, 0.2) is 42.5 Å². The summed E-state index contributed by atoms with van der Waals surface area (Å²) in [5.41, 5.74) is 1.81. The molecule has 1 atom stereocenters. The van der Waals surface area contributed by atoms with Crippen molar-refractivity contribution in [3.05, 3.63) is 53.6 Å². The Hall–Kier alpha value is -3.42. The van der Waals surface area contributed by atoms with Crippen molar-refractivity contribution >= 4 is 12.1 Å². The van der Waals surface area contributed by atoms with E-state index in [1.807, 2.05) is 42.5 Å². The maximum absolute atomic E-state index is 12.5. The van der Waals surface area contributed by atoms with Crippen LogP contribution in [0.4, 0.5) is 4.79 Å². The largest absolute Gasteiger partial charge is 0.493 e. The first-order valence-corrected chi connectivity index (χ1v) is 10.5. The van der Waals surface area contributed by atoms with E-state index in [0.29, 0.717) is 43.2 Å². The number of carbonyl (C=O) groups is 2. The lowest BCUT2D eigenvalue weighted by Crippen LogP contribution is -2.31. The number of nitrogens with zero attached hydrogens (tertiary/aromatic N) is 1. The topological polar surface area (TPSA) is 83.5 Å². The van der Waals surface area contributed by atoms with Crippen molar-refractivity contribution < 1.29 is 33.3 Å². The average Bonchev–Trinajstić information content (AvgIpc) is 3.33. The van der Waals surface area contributed by atoms with Gasteiger partial charge in [0.05, 0.1) is 33.9 Å². The first kappa shape index (κ1) is 23.2. The fraction of sp³-hybridized carbons (Fsp3) is 0.417. The molecule has 1 heterocycles. The van der Waals surface area contributed by atoms with Gasteiger partial charge in [0.25, 0.3) is 0 Å². The molecule has 32 heavy (non-hydrogen) atoms. The lowest BCUT2D eigenvalue weighted by molar-refractivity contribution is -0.147. The number of hydrogen-bond acceptors (Lipinski definition) is 7. The summed E-state index contributed by atoms with van der Waals surface area (Å²) < 4.78 is 26.8. The number of ether oxygens (including phenoxy) is 5. The fourth-order valence-corrected chi connectivity index (χ4v) is 3.60. The van der Waals surface area contributed by atoms with E-state index >= 15 is 0 Å². The van der Waals surface area contributed by atoms with Gasteiger partial charge in [0.2, 0.25) is 5.75 Å². The minimum atomic E-state index is -0.415. The maximum Gasteiger partial charge on any atom is 0.410 e. The Morgan fingerprint density at radius 2 is 1.62 bits per heavy atom. The van der Waals surface area contributed by atoms with Crippen molar-refractivity contribution in [2.75, 3.05) is 41.0 Å². The van der Waals surface area contributed by atoms with Crippen LogP contribution in [0.2, 0.25) is 0 Å². The quantitative estimate of drug-likeness (QED) is 0.549. The summed E-state index contributed by atoms with van der Waals surface area (Å²) in [6.45, 7) is 1.20. The Morgan fingerprint density at radius 3 is 2.25 bits per heavy atom. The molecule has 2 aromatic carbocycles. The highest BCUT2D eigenvalue weighted by Crippen LogP contribution is 2.38. The standard InChI is InChI=1S/C24H29NO7/c1-28-20-13-18(14-21(29-2)22(20)30-3)10-12-31-23(26)19-9-11-25(15-19)24(27)32-16-17-7-5-4-6-8-17/h4-8,13-14,19H,9-12,15-16H2,1-3H3. The number of likely N-dealkylation sites (tertiary alicyclic amines) is 1. The van der Waals surface area contributed by atoms with Gasteiger partial charge < -0.3 is 28.6 Å². The molecule has 1 amide bonds. The second-order valence-corrected chi connectivity index (χ2v) is 7.42. The lowest BCUT2D eigenvalue weighted by atomic mass is 10.1. The summed E-state index contributed by atoms with van der Waals surface area (Å²) in [4.78, 5) is 26.3. The van der Waals surface area contributed by atoms with E-state index in [1.54, 1.807) is 26.2 Å². The van der Waals surface area contributed by atoms with E-state index in [1.165, 1.54) is 0 Å². The molecular formula is C24H29NO7. The van der Waals surface area contributed by atoms with Crippen LogP contribution in [-0.2, 0) is 27.3 Å². The number of hydrogen-bond donors (Lipinski definition) is 0. The van der Waals surface area contributed by atoms with Gasteiger partial charge in [-0.1, -0.05) is 30.3 Å². The number of rotatable bonds is 9. The molecule has 1 aliphatic rings. The van der Waals surface area contributed by atoms with E-state index in [9.17, 15) is 9.59 Å². The van der Waals surface area contributed by atoms with Crippen LogP contribution in [0.5, 0.6) is 17.2 Å². The molecule has 3 rings (SSSR count). The van der Waals surface area contributed by atoms with E-state index in [4.69, 9.17) is 23.7 Å². The van der Waals surface area contributed by atoms with Gasteiger partial charge in [-0.2, -0.15) is 0 Å². The van der Waals surface area contributed by atoms with Crippen molar-refractivity contribution in [3.63, 3.8) is 0 Å². The van der Waals surface area contributed by atoms with E-state index < -0.39 is 6.09 Å². The monoisotopic (exact) mass is 443 g/mol. The number of esters is 1. The third kappa shape index (κ3) is 5.84. The summed E-state index contributed by atoms with van der Waals surface area (Å²) in [5.74, 6) is 0.957. The zero-order valence-electron chi connectivity index (χ0n) is 18.7. The highest BCUT2D eigenvalue weighted by molar-refractivity contribution is 5.75. The van der Waals surface area contributed by atoms with Crippen molar-refractivity contribution in [2.24, 2.45) is 5.92 Å². The van der Waals surface area contributed by atoms with Crippen LogP contribution in [0, 0.1) is 5.92 Å². The summed E-state index contributed by atoms with van der Waals surface area (Å²) in [5, 5.41) is 0. The van der Waals surface area contributed by atoms with Crippen molar-refractivity contribution in [1.29, 1.82) is 0 Å². The summed E-state index contributed by atoms with van der Waals surface area (Å²) in [7, 11) is 4.65. The van der Waals surface area contributed by atoms with Gasteiger partial charge in [-0.05, 0) is 29.7 Å². The van der Waals surface area contributed by atoms with Crippen LogP contribution in [-0.4, -0.2) is 58.0 Å². The fourth-order valence-electron chi connectivity index (χ4n) is 3.60. The molecule has 8 nitrogen and oxygen atoms in total. The predicted octanol–water partition coefficient (Wildman–Crippen LogP) is 3.46. The summed E-state index contributed by atoms with van der Waals surface area (Å²) >= 11 is 0. The summed E-state index contributed by atoms with van der Waals surface area (Å²) in [6, 6.07) is 13.1. The molecule has 0 aromatic heterocycles. The summed E-state index contributed by atoms with van der Waals surface area (Å²) in [6.07, 6.45) is 0.642. The predicted molar refractivity (Wildman–Crippen MR) is 117 cm³/mol. The Balaban J connectivity index is 1.45. The van der Waals surface area contributed by atoms with Gasteiger partial charge in [-0.15, -0.1) is 0 Å². The number of amides is 1. The minimum absolute atomic E-state index is 0.208. The van der Waals surface area contributed by atoms with Crippen LogP contribution in [0.3, 0.4) is 0 Å². The van der Waals surface area contributed by atoms with Gasteiger partial charge in [-0.25, -0.2) is 4.79 Å². The zero-order chi connectivity index (χ0) is 22.9. The first-order valence-electron chi connectivity index (χ1n) is 10.5. The van der Waals surface area contributed by atoms with Crippen molar-refractivity contribution in [3.8, 4) is 17.2 Å². The van der Waals surface area contributed by atoms with Gasteiger partial charge >= 0.3 is 12.1 Å².